The lowest BCUT2D eigenvalue weighted by Gasteiger charge is -2.34. The molecule has 0 radical (unpaired) electrons. The van der Waals surface area contributed by atoms with Gasteiger partial charge in [-0.25, -0.2) is 4.79 Å². The molecule has 1 aliphatic rings. The SMILES string of the molecule is Cc1ccccc1OCCN(C)C(=O)NC1CCN(c2ccccc2)CC1. The predicted octanol–water partition coefficient (Wildman–Crippen LogP) is 3.68. The minimum atomic E-state index is -0.0263. The van der Waals surface area contributed by atoms with E-state index in [0.717, 1.165) is 37.2 Å². The summed E-state index contributed by atoms with van der Waals surface area (Å²) in [6.07, 6.45) is 1.93. The van der Waals surface area contributed by atoms with Crippen molar-refractivity contribution in [1.29, 1.82) is 0 Å². The number of ether oxygens (including phenoxy) is 1. The minimum Gasteiger partial charge on any atom is -0.491 e. The number of aryl methyl sites for hydroxylation is 1. The summed E-state index contributed by atoms with van der Waals surface area (Å²) in [5.41, 5.74) is 2.36. The fourth-order valence-corrected chi connectivity index (χ4v) is 3.32. The molecule has 0 aromatic heterocycles. The number of carbonyl (C=O) groups excluding carboxylic acids is 1. The van der Waals surface area contributed by atoms with Gasteiger partial charge in [-0.2, -0.15) is 0 Å². The molecule has 2 aromatic rings. The van der Waals surface area contributed by atoms with E-state index in [0.29, 0.717) is 13.2 Å². The Hall–Kier alpha value is -2.69. The zero-order chi connectivity index (χ0) is 19.1. The molecule has 1 fully saturated rings. The maximum Gasteiger partial charge on any atom is 0.317 e. The number of carbonyl (C=O) groups is 1. The number of urea groups is 1. The molecule has 27 heavy (non-hydrogen) atoms. The Balaban J connectivity index is 1.38. The van der Waals surface area contributed by atoms with E-state index in [2.05, 4.69) is 34.5 Å². The molecular formula is C22H29N3O2. The van der Waals surface area contributed by atoms with Crippen molar-refractivity contribution in [3.05, 3.63) is 60.2 Å². The van der Waals surface area contributed by atoms with Gasteiger partial charge >= 0.3 is 6.03 Å². The fraction of sp³-hybridized carbons (Fsp3) is 0.409. The normalized spacial score (nSPS) is 14.7. The topological polar surface area (TPSA) is 44.8 Å². The first kappa shape index (κ1) is 19.1. The van der Waals surface area contributed by atoms with Crippen molar-refractivity contribution in [1.82, 2.24) is 10.2 Å². The second-order valence-corrected chi connectivity index (χ2v) is 7.08. The van der Waals surface area contributed by atoms with E-state index in [1.54, 1.807) is 4.90 Å². The molecule has 1 aliphatic heterocycles. The lowest BCUT2D eigenvalue weighted by atomic mass is 10.0. The summed E-state index contributed by atoms with van der Waals surface area (Å²) in [7, 11) is 1.82. The molecule has 0 aliphatic carbocycles. The first-order valence-corrected chi connectivity index (χ1v) is 9.63. The largest absolute Gasteiger partial charge is 0.491 e. The maximum atomic E-state index is 12.4. The lowest BCUT2D eigenvalue weighted by Crippen LogP contribution is -2.49. The van der Waals surface area contributed by atoms with Crippen LogP contribution in [-0.2, 0) is 0 Å². The summed E-state index contributed by atoms with van der Waals surface area (Å²) < 4.78 is 5.78. The molecule has 0 atom stereocenters. The van der Waals surface area contributed by atoms with Crippen molar-refractivity contribution in [3.63, 3.8) is 0 Å². The number of para-hydroxylation sites is 2. The molecule has 3 rings (SSSR count). The van der Waals surface area contributed by atoms with Gasteiger partial charge in [0.05, 0.1) is 6.54 Å². The van der Waals surface area contributed by atoms with Crippen molar-refractivity contribution in [2.24, 2.45) is 0 Å². The summed E-state index contributed by atoms with van der Waals surface area (Å²) in [6, 6.07) is 18.6. The molecule has 144 valence electrons. The van der Waals surface area contributed by atoms with Crippen LogP contribution in [-0.4, -0.2) is 50.3 Å². The van der Waals surface area contributed by atoms with Crippen LogP contribution in [0.3, 0.4) is 0 Å². The number of hydrogen-bond donors (Lipinski definition) is 1. The summed E-state index contributed by atoms with van der Waals surface area (Å²) >= 11 is 0. The molecular weight excluding hydrogens is 338 g/mol. The Morgan fingerprint density at radius 2 is 1.78 bits per heavy atom. The van der Waals surface area contributed by atoms with Crippen molar-refractivity contribution in [3.8, 4) is 5.75 Å². The van der Waals surface area contributed by atoms with Crippen molar-refractivity contribution < 1.29 is 9.53 Å². The monoisotopic (exact) mass is 367 g/mol. The van der Waals surface area contributed by atoms with E-state index in [-0.39, 0.29) is 12.1 Å². The van der Waals surface area contributed by atoms with Gasteiger partial charge in [0, 0.05) is 31.9 Å². The zero-order valence-corrected chi connectivity index (χ0v) is 16.2. The van der Waals surface area contributed by atoms with Crippen LogP contribution < -0.4 is 15.0 Å². The van der Waals surface area contributed by atoms with E-state index < -0.39 is 0 Å². The van der Waals surface area contributed by atoms with Gasteiger partial charge in [-0.05, 0) is 43.5 Å². The number of benzene rings is 2. The van der Waals surface area contributed by atoms with Crippen LogP contribution in [0.5, 0.6) is 5.75 Å². The van der Waals surface area contributed by atoms with E-state index in [1.165, 1.54) is 5.69 Å². The Labute approximate surface area is 161 Å². The third-order valence-electron chi connectivity index (χ3n) is 5.07. The van der Waals surface area contributed by atoms with Gasteiger partial charge in [-0.3, -0.25) is 0 Å². The Kier molecular flexibility index (Phi) is 6.58. The van der Waals surface area contributed by atoms with Gasteiger partial charge in [0.15, 0.2) is 0 Å². The number of nitrogens with one attached hydrogen (secondary N) is 1. The van der Waals surface area contributed by atoms with Gasteiger partial charge in [-0.1, -0.05) is 36.4 Å². The van der Waals surface area contributed by atoms with Gasteiger partial charge in [0.25, 0.3) is 0 Å². The smallest absolute Gasteiger partial charge is 0.317 e. The van der Waals surface area contributed by atoms with Crippen molar-refractivity contribution in [2.75, 3.05) is 38.2 Å². The van der Waals surface area contributed by atoms with Crippen molar-refractivity contribution in [2.45, 2.75) is 25.8 Å². The Bertz CT molecular complexity index is 727. The molecule has 0 unspecified atom stereocenters. The van der Waals surface area contributed by atoms with E-state index in [9.17, 15) is 4.79 Å². The summed E-state index contributed by atoms with van der Waals surface area (Å²) in [5.74, 6) is 0.875. The Morgan fingerprint density at radius 1 is 1.11 bits per heavy atom. The van der Waals surface area contributed by atoms with Crippen LogP contribution in [0.1, 0.15) is 18.4 Å². The maximum absolute atomic E-state index is 12.4. The standard InChI is InChI=1S/C22H29N3O2/c1-18-8-6-7-11-21(18)27-17-16-24(2)22(26)23-19-12-14-25(15-13-19)20-9-4-3-5-10-20/h3-11,19H,12-17H2,1-2H3,(H,23,26). The highest BCUT2D eigenvalue weighted by Gasteiger charge is 2.22. The third-order valence-corrected chi connectivity index (χ3v) is 5.07. The molecule has 1 heterocycles. The zero-order valence-electron chi connectivity index (χ0n) is 16.2. The van der Waals surface area contributed by atoms with Crippen LogP contribution in [0.15, 0.2) is 54.6 Å². The molecule has 1 N–H and O–H groups in total. The van der Waals surface area contributed by atoms with Crippen molar-refractivity contribution >= 4 is 11.7 Å². The highest BCUT2D eigenvalue weighted by atomic mass is 16.5. The predicted molar refractivity (Wildman–Crippen MR) is 110 cm³/mol. The molecule has 0 bridgehead atoms. The number of likely N-dealkylation sites (N-methyl/N-ethyl adjacent to an activating group) is 1. The molecule has 5 heteroatoms. The van der Waals surface area contributed by atoms with Crippen LogP contribution in [0.2, 0.25) is 0 Å². The van der Waals surface area contributed by atoms with Gasteiger partial charge in [-0.15, -0.1) is 0 Å². The molecule has 0 spiro atoms. The number of nitrogens with zero attached hydrogens (tertiary/aromatic N) is 2. The average molecular weight is 367 g/mol. The summed E-state index contributed by atoms with van der Waals surface area (Å²) in [5, 5.41) is 3.16. The summed E-state index contributed by atoms with van der Waals surface area (Å²) in [6.45, 7) is 5.00. The van der Waals surface area contributed by atoms with Gasteiger partial charge in [0.2, 0.25) is 0 Å². The number of anilines is 1. The molecule has 2 amide bonds. The van der Waals surface area contributed by atoms with E-state index >= 15 is 0 Å². The second kappa shape index (κ2) is 9.31. The molecule has 1 saturated heterocycles. The van der Waals surface area contributed by atoms with Gasteiger partial charge in [0.1, 0.15) is 12.4 Å². The van der Waals surface area contributed by atoms with Crippen LogP contribution >= 0.6 is 0 Å². The highest BCUT2D eigenvalue weighted by molar-refractivity contribution is 5.74. The van der Waals surface area contributed by atoms with Gasteiger partial charge < -0.3 is 19.9 Å². The number of rotatable bonds is 6. The van der Waals surface area contributed by atoms with Crippen LogP contribution in [0.25, 0.3) is 0 Å². The number of amides is 2. The van der Waals surface area contributed by atoms with Crippen LogP contribution in [0, 0.1) is 6.92 Å². The quantitative estimate of drug-likeness (QED) is 0.847. The van der Waals surface area contributed by atoms with E-state index in [4.69, 9.17) is 4.74 Å². The molecule has 5 nitrogen and oxygen atoms in total. The molecule has 0 saturated carbocycles. The second-order valence-electron chi connectivity index (χ2n) is 7.08. The summed E-state index contributed by atoms with van der Waals surface area (Å²) in [4.78, 5) is 16.5. The lowest BCUT2D eigenvalue weighted by molar-refractivity contribution is 0.189. The number of hydrogen-bond acceptors (Lipinski definition) is 3. The fourth-order valence-electron chi connectivity index (χ4n) is 3.32. The molecule has 2 aromatic carbocycles. The first-order chi connectivity index (χ1) is 13.1. The average Bonchev–Trinajstić information content (AvgIpc) is 2.70. The van der Waals surface area contributed by atoms with Crippen LogP contribution in [0.4, 0.5) is 10.5 Å². The highest BCUT2D eigenvalue weighted by Crippen LogP contribution is 2.19. The Morgan fingerprint density at radius 3 is 2.48 bits per heavy atom. The van der Waals surface area contributed by atoms with E-state index in [1.807, 2.05) is 44.3 Å². The minimum absolute atomic E-state index is 0.0263. The first-order valence-electron chi connectivity index (χ1n) is 9.63. The number of piperidine rings is 1. The third kappa shape index (κ3) is 5.39.